The third kappa shape index (κ3) is 3.09. The maximum Gasteiger partial charge on any atom is 0.410 e. The van der Waals surface area contributed by atoms with E-state index in [-0.39, 0.29) is 17.7 Å². The fourth-order valence-electron chi connectivity index (χ4n) is 1.35. The molecule has 1 aliphatic heterocycles. The molecule has 1 amide bonds. The molecule has 0 spiro atoms. The average Bonchev–Trinajstić information content (AvgIpc) is 1.97. The van der Waals surface area contributed by atoms with Gasteiger partial charge in [0.15, 0.2) is 5.78 Å². The molecule has 0 bridgehead atoms. The van der Waals surface area contributed by atoms with Crippen LogP contribution >= 0.6 is 11.6 Å². The Kier molecular flexibility index (Phi) is 3.60. The molecule has 0 saturated carbocycles. The van der Waals surface area contributed by atoms with Gasteiger partial charge in [-0.25, -0.2) is 4.79 Å². The van der Waals surface area contributed by atoms with Crippen LogP contribution in [-0.2, 0) is 9.53 Å². The molecule has 0 aromatic carbocycles. The molecule has 15 heavy (non-hydrogen) atoms. The summed E-state index contributed by atoms with van der Waals surface area (Å²) in [6, 6.07) is -0.377. The van der Waals surface area contributed by atoms with E-state index in [9.17, 15) is 9.59 Å². The third-order valence-electron chi connectivity index (χ3n) is 2.15. The minimum absolute atomic E-state index is 0.0516. The number of ketones is 1. The van der Waals surface area contributed by atoms with Crippen molar-refractivity contribution in [1.29, 1.82) is 0 Å². The second-order valence-corrected chi connectivity index (χ2v) is 4.85. The van der Waals surface area contributed by atoms with E-state index in [0.717, 1.165) is 0 Å². The highest BCUT2D eigenvalue weighted by atomic mass is 35.5. The summed E-state index contributed by atoms with van der Waals surface area (Å²) in [5.41, 5.74) is -0.527. The number of ether oxygens (including phenoxy) is 1. The second kappa shape index (κ2) is 4.39. The van der Waals surface area contributed by atoms with Gasteiger partial charge in [-0.3, -0.25) is 9.69 Å². The van der Waals surface area contributed by atoms with Crippen LogP contribution in [0.3, 0.4) is 0 Å². The molecule has 1 saturated heterocycles. The first-order valence-electron chi connectivity index (χ1n) is 4.93. The number of nitrogens with zero attached hydrogens (tertiary/aromatic N) is 1. The monoisotopic (exact) mass is 233 g/mol. The molecule has 1 unspecified atom stereocenters. The number of likely N-dealkylation sites (tertiary alicyclic amines) is 1. The molecule has 86 valence electrons. The van der Waals surface area contributed by atoms with Crippen LogP contribution in [-0.4, -0.2) is 40.8 Å². The Morgan fingerprint density at radius 3 is 2.40 bits per heavy atom. The number of Topliss-reactive ketones (excluding diaryl/α,β-unsaturated/α-hetero) is 1. The van der Waals surface area contributed by atoms with Crippen molar-refractivity contribution in [1.82, 2.24) is 4.90 Å². The molecule has 0 aromatic heterocycles. The van der Waals surface area contributed by atoms with Crippen molar-refractivity contribution in [2.75, 3.05) is 12.4 Å². The summed E-state index contributed by atoms with van der Waals surface area (Å²) in [4.78, 5) is 24.3. The standard InChI is InChI=1S/C10H16ClNO3/c1-10(2,3)15-9(14)12-5-4-7(12)8(13)6-11/h7H,4-6H2,1-3H3. The number of hydrogen-bond donors (Lipinski definition) is 0. The lowest BCUT2D eigenvalue weighted by atomic mass is 10.0. The maximum absolute atomic E-state index is 11.6. The number of carbonyl (C=O) groups is 2. The molecular formula is C10H16ClNO3. The minimum atomic E-state index is -0.527. The summed E-state index contributed by atoms with van der Waals surface area (Å²) >= 11 is 5.43. The molecule has 1 fully saturated rings. The number of amides is 1. The minimum Gasteiger partial charge on any atom is -0.444 e. The van der Waals surface area contributed by atoms with E-state index in [4.69, 9.17) is 16.3 Å². The first kappa shape index (κ1) is 12.3. The van der Waals surface area contributed by atoms with Gasteiger partial charge in [-0.15, -0.1) is 11.6 Å². The Morgan fingerprint density at radius 2 is 2.07 bits per heavy atom. The summed E-state index contributed by atoms with van der Waals surface area (Å²) in [6.07, 6.45) is 0.252. The Hall–Kier alpha value is -0.770. The van der Waals surface area contributed by atoms with Gasteiger partial charge in [-0.05, 0) is 27.2 Å². The summed E-state index contributed by atoms with van der Waals surface area (Å²) < 4.78 is 5.16. The zero-order valence-electron chi connectivity index (χ0n) is 9.25. The molecule has 0 aromatic rings. The van der Waals surface area contributed by atoms with Gasteiger partial charge in [0.05, 0.1) is 11.9 Å². The topological polar surface area (TPSA) is 46.6 Å². The highest BCUT2D eigenvalue weighted by Gasteiger charge is 2.38. The highest BCUT2D eigenvalue weighted by molar-refractivity contribution is 6.28. The van der Waals surface area contributed by atoms with E-state index in [1.165, 1.54) is 4.90 Å². The van der Waals surface area contributed by atoms with Crippen molar-refractivity contribution in [3.05, 3.63) is 0 Å². The van der Waals surface area contributed by atoms with Gasteiger partial charge in [-0.1, -0.05) is 0 Å². The fourth-order valence-corrected chi connectivity index (χ4v) is 1.53. The van der Waals surface area contributed by atoms with Crippen molar-refractivity contribution in [2.24, 2.45) is 0 Å². The van der Waals surface area contributed by atoms with Crippen LogP contribution in [0.15, 0.2) is 0 Å². The lowest BCUT2D eigenvalue weighted by Gasteiger charge is -2.39. The van der Waals surface area contributed by atoms with Crippen LogP contribution in [0.2, 0.25) is 0 Å². The quantitative estimate of drug-likeness (QED) is 0.684. The van der Waals surface area contributed by atoms with Crippen LogP contribution < -0.4 is 0 Å². The second-order valence-electron chi connectivity index (χ2n) is 4.58. The molecule has 4 nitrogen and oxygen atoms in total. The van der Waals surface area contributed by atoms with Gasteiger partial charge in [0.1, 0.15) is 5.60 Å². The van der Waals surface area contributed by atoms with E-state index in [0.29, 0.717) is 13.0 Å². The first-order chi connectivity index (χ1) is 6.85. The van der Waals surface area contributed by atoms with Crippen LogP contribution in [0, 0.1) is 0 Å². The van der Waals surface area contributed by atoms with E-state index >= 15 is 0 Å². The van der Waals surface area contributed by atoms with Crippen LogP contribution in [0.1, 0.15) is 27.2 Å². The Bertz CT molecular complexity index is 272. The predicted octanol–water partition coefficient (Wildman–Crippen LogP) is 1.80. The molecule has 1 atom stereocenters. The Morgan fingerprint density at radius 1 is 1.47 bits per heavy atom. The van der Waals surface area contributed by atoms with Crippen LogP contribution in [0.25, 0.3) is 0 Å². The molecular weight excluding hydrogens is 218 g/mol. The van der Waals surface area contributed by atoms with Crippen molar-refractivity contribution in [2.45, 2.75) is 38.8 Å². The molecule has 1 heterocycles. The van der Waals surface area contributed by atoms with Crippen LogP contribution in [0.4, 0.5) is 4.79 Å². The van der Waals surface area contributed by atoms with Crippen molar-refractivity contribution in [3.63, 3.8) is 0 Å². The van der Waals surface area contributed by atoms with Crippen molar-refractivity contribution < 1.29 is 14.3 Å². The number of halogens is 1. The van der Waals surface area contributed by atoms with Gasteiger partial charge in [0.25, 0.3) is 0 Å². The number of alkyl halides is 1. The van der Waals surface area contributed by atoms with Gasteiger partial charge < -0.3 is 4.74 Å². The molecule has 0 N–H and O–H groups in total. The summed E-state index contributed by atoms with van der Waals surface area (Å²) in [5, 5.41) is 0. The molecule has 1 rings (SSSR count). The normalized spacial score (nSPS) is 20.8. The van der Waals surface area contributed by atoms with Crippen molar-refractivity contribution >= 4 is 23.5 Å². The van der Waals surface area contributed by atoms with E-state index in [1.807, 2.05) is 0 Å². The maximum atomic E-state index is 11.6. The molecule has 5 heteroatoms. The Labute approximate surface area is 94.5 Å². The summed E-state index contributed by atoms with van der Waals surface area (Å²) in [7, 11) is 0. The van der Waals surface area contributed by atoms with E-state index < -0.39 is 11.7 Å². The lowest BCUT2D eigenvalue weighted by Crippen LogP contribution is -2.56. The fraction of sp³-hybridized carbons (Fsp3) is 0.800. The Balaban J connectivity index is 2.51. The lowest BCUT2D eigenvalue weighted by molar-refractivity contribution is -0.125. The largest absolute Gasteiger partial charge is 0.444 e. The predicted molar refractivity (Wildman–Crippen MR) is 57.1 cm³/mol. The van der Waals surface area contributed by atoms with Gasteiger partial charge in [0.2, 0.25) is 0 Å². The molecule has 0 radical (unpaired) electrons. The number of hydrogen-bond acceptors (Lipinski definition) is 3. The molecule has 1 aliphatic rings. The van der Waals surface area contributed by atoms with Gasteiger partial charge >= 0.3 is 6.09 Å². The first-order valence-corrected chi connectivity index (χ1v) is 5.47. The number of carbonyl (C=O) groups excluding carboxylic acids is 2. The summed E-state index contributed by atoms with van der Waals surface area (Å²) in [5.74, 6) is -0.168. The van der Waals surface area contributed by atoms with Gasteiger partial charge in [0, 0.05) is 6.54 Å². The zero-order valence-corrected chi connectivity index (χ0v) is 10.0. The smallest absolute Gasteiger partial charge is 0.410 e. The van der Waals surface area contributed by atoms with Crippen LogP contribution in [0.5, 0.6) is 0 Å². The third-order valence-corrected chi connectivity index (χ3v) is 2.41. The SMILES string of the molecule is CC(C)(C)OC(=O)N1CCC1C(=O)CCl. The van der Waals surface area contributed by atoms with Crippen molar-refractivity contribution in [3.8, 4) is 0 Å². The zero-order chi connectivity index (χ0) is 11.6. The average molecular weight is 234 g/mol. The number of rotatable bonds is 2. The van der Waals surface area contributed by atoms with E-state index in [2.05, 4.69) is 0 Å². The highest BCUT2D eigenvalue weighted by Crippen LogP contribution is 2.22. The van der Waals surface area contributed by atoms with E-state index in [1.54, 1.807) is 20.8 Å². The van der Waals surface area contributed by atoms with Gasteiger partial charge in [-0.2, -0.15) is 0 Å². The summed E-state index contributed by atoms with van der Waals surface area (Å²) in [6.45, 7) is 5.96. The molecule has 0 aliphatic carbocycles.